The summed E-state index contributed by atoms with van der Waals surface area (Å²) >= 11 is 0. The first kappa shape index (κ1) is 14.8. The highest BCUT2D eigenvalue weighted by molar-refractivity contribution is 5.78. The van der Waals surface area contributed by atoms with Crippen LogP contribution >= 0.6 is 0 Å². The lowest BCUT2D eigenvalue weighted by Gasteiger charge is -2.29. The minimum atomic E-state index is 0.218. The van der Waals surface area contributed by atoms with E-state index in [0.717, 1.165) is 32.7 Å². The molecule has 0 N–H and O–H groups in total. The molecule has 0 bridgehead atoms. The Morgan fingerprint density at radius 2 is 2.05 bits per heavy atom. The van der Waals surface area contributed by atoms with Crippen LogP contribution in [0.25, 0.3) is 0 Å². The molecule has 0 saturated carbocycles. The molecule has 1 unspecified atom stereocenters. The summed E-state index contributed by atoms with van der Waals surface area (Å²) in [5, 5.41) is 0. The molecule has 5 heteroatoms. The number of amides is 1. The smallest absolute Gasteiger partial charge is 0.236 e. The molecule has 5 nitrogen and oxygen atoms in total. The first-order chi connectivity index (χ1) is 9.25. The van der Waals surface area contributed by atoms with Crippen LogP contribution in [0.3, 0.4) is 0 Å². The fourth-order valence-electron chi connectivity index (χ4n) is 2.62. The Morgan fingerprint density at radius 1 is 1.26 bits per heavy atom. The Kier molecular flexibility index (Phi) is 6.07. The molecule has 0 radical (unpaired) electrons. The molecule has 2 aliphatic rings. The predicted molar refractivity (Wildman–Crippen MR) is 73.1 cm³/mol. The Labute approximate surface area is 115 Å². The van der Waals surface area contributed by atoms with Crippen molar-refractivity contribution in [1.29, 1.82) is 0 Å². The molecule has 110 valence electrons. The Balaban J connectivity index is 1.62. The van der Waals surface area contributed by atoms with E-state index in [1.165, 1.54) is 19.3 Å². The molecule has 2 aliphatic heterocycles. The quantitative estimate of drug-likeness (QED) is 0.739. The second kappa shape index (κ2) is 7.82. The maximum Gasteiger partial charge on any atom is 0.236 e. The van der Waals surface area contributed by atoms with Gasteiger partial charge in [-0.15, -0.1) is 0 Å². The number of hydrogen-bond donors (Lipinski definition) is 0. The Hall–Kier alpha value is -0.650. The number of carbonyl (C=O) groups excluding carboxylic acids is 1. The maximum absolute atomic E-state index is 12.1. The largest absolute Gasteiger partial charge is 0.378 e. The van der Waals surface area contributed by atoms with E-state index in [-0.39, 0.29) is 5.91 Å². The van der Waals surface area contributed by atoms with Crippen LogP contribution in [0.5, 0.6) is 0 Å². The second-order valence-corrected chi connectivity index (χ2v) is 5.51. The summed E-state index contributed by atoms with van der Waals surface area (Å²) in [7, 11) is 2.02. The predicted octanol–water partition coefficient (Wildman–Crippen LogP) is 0.736. The molecule has 1 amide bonds. The van der Waals surface area contributed by atoms with E-state index in [1.54, 1.807) is 0 Å². The summed E-state index contributed by atoms with van der Waals surface area (Å²) in [6, 6.07) is 0. The highest BCUT2D eigenvalue weighted by atomic mass is 16.5. The SMILES string of the molecule is CN(CCC1CCCCO1)CC(=O)N1CCOCC1. The molecular weight excluding hydrogens is 244 g/mol. The Morgan fingerprint density at radius 3 is 2.74 bits per heavy atom. The highest BCUT2D eigenvalue weighted by Gasteiger charge is 2.19. The minimum absolute atomic E-state index is 0.218. The van der Waals surface area contributed by atoms with E-state index in [2.05, 4.69) is 4.90 Å². The van der Waals surface area contributed by atoms with Crippen molar-refractivity contribution in [2.75, 3.05) is 53.0 Å². The van der Waals surface area contributed by atoms with Crippen LogP contribution in [0.2, 0.25) is 0 Å². The van der Waals surface area contributed by atoms with E-state index in [0.29, 0.717) is 25.9 Å². The highest BCUT2D eigenvalue weighted by Crippen LogP contribution is 2.15. The van der Waals surface area contributed by atoms with Crippen molar-refractivity contribution in [1.82, 2.24) is 9.80 Å². The topological polar surface area (TPSA) is 42.0 Å². The van der Waals surface area contributed by atoms with Crippen LogP contribution in [-0.4, -0.2) is 74.9 Å². The third kappa shape index (κ3) is 5.09. The molecule has 1 atom stereocenters. The average Bonchev–Trinajstić information content (AvgIpc) is 2.47. The molecule has 2 fully saturated rings. The third-order valence-corrected chi connectivity index (χ3v) is 3.88. The fraction of sp³-hybridized carbons (Fsp3) is 0.929. The number of carbonyl (C=O) groups is 1. The lowest BCUT2D eigenvalue weighted by Crippen LogP contribution is -2.45. The van der Waals surface area contributed by atoms with Crippen LogP contribution < -0.4 is 0 Å². The van der Waals surface area contributed by atoms with E-state index in [4.69, 9.17) is 9.47 Å². The van der Waals surface area contributed by atoms with Gasteiger partial charge < -0.3 is 14.4 Å². The molecule has 2 rings (SSSR count). The van der Waals surface area contributed by atoms with Gasteiger partial charge in [-0.05, 0) is 32.7 Å². The van der Waals surface area contributed by atoms with Crippen molar-refractivity contribution < 1.29 is 14.3 Å². The molecule has 19 heavy (non-hydrogen) atoms. The van der Waals surface area contributed by atoms with E-state index >= 15 is 0 Å². The number of rotatable bonds is 5. The normalized spacial score (nSPS) is 24.7. The Bertz CT molecular complexity index is 274. The van der Waals surface area contributed by atoms with Crippen LogP contribution in [0.1, 0.15) is 25.7 Å². The fourth-order valence-corrected chi connectivity index (χ4v) is 2.62. The monoisotopic (exact) mass is 270 g/mol. The van der Waals surface area contributed by atoms with Gasteiger partial charge in [0.15, 0.2) is 0 Å². The van der Waals surface area contributed by atoms with E-state index in [1.807, 2.05) is 11.9 Å². The summed E-state index contributed by atoms with van der Waals surface area (Å²) in [6.45, 7) is 5.15. The molecule has 0 spiro atoms. The number of ether oxygens (including phenoxy) is 2. The molecule has 0 aromatic heterocycles. The lowest BCUT2D eigenvalue weighted by atomic mass is 10.1. The molecule has 0 aromatic rings. The summed E-state index contributed by atoms with van der Waals surface area (Å²) in [4.78, 5) is 16.1. The zero-order valence-electron chi connectivity index (χ0n) is 12.0. The number of morpholine rings is 1. The van der Waals surface area contributed by atoms with Crippen molar-refractivity contribution in [2.24, 2.45) is 0 Å². The number of nitrogens with zero attached hydrogens (tertiary/aromatic N) is 2. The van der Waals surface area contributed by atoms with Crippen molar-refractivity contribution in [2.45, 2.75) is 31.8 Å². The van der Waals surface area contributed by atoms with Crippen LogP contribution in [0.4, 0.5) is 0 Å². The van der Waals surface area contributed by atoms with Gasteiger partial charge in [-0.2, -0.15) is 0 Å². The van der Waals surface area contributed by atoms with Crippen molar-refractivity contribution >= 4 is 5.91 Å². The first-order valence-electron chi connectivity index (χ1n) is 7.41. The van der Waals surface area contributed by atoms with Gasteiger partial charge in [0, 0.05) is 26.2 Å². The standard InChI is InChI=1S/C14H26N2O3/c1-15(6-5-13-4-2-3-9-19-13)12-14(17)16-7-10-18-11-8-16/h13H,2-12H2,1H3. The third-order valence-electron chi connectivity index (χ3n) is 3.88. The van der Waals surface area contributed by atoms with Crippen molar-refractivity contribution in [3.05, 3.63) is 0 Å². The summed E-state index contributed by atoms with van der Waals surface area (Å²) in [6.07, 6.45) is 5.08. The van der Waals surface area contributed by atoms with E-state index in [9.17, 15) is 4.79 Å². The van der Waals surface area contributed by atoms with Gasteiger partial charge in [0.25, 0.3) is 0 Å². The number of likely N-dealkylation sites (N-methyl/N-ethyl adjacent to an activating group) is 1. The summed E-state index contributed by atoms with van der Waals surface area (Å²) < 4.78 is 11.0. The van der Waals surface area contributed by atoms with E-state index < -0.39 is 0 Å². The summed E-state index contributed by atoms with van der Waals surface area (Å²) in [5.74, 6) is 0.218. The van der Waals surface area contributed by atoms with Crippen LogP contribution in [0.15, 0.2) is 0 Å². The first-order valence-corrected chi connectivity index (χ1v) is 7.41. The van der Waals surface area contributed by atoms with Gasteiger partial charge in [0.1, 0.15) is 0 Å². The molecule has 2 saturated heterocycles. The lowest BCUT2D eigenvalue weighted by molar-refractivity contribution is -0.136. The van der Waals surface area contributed by atoms with Crippen molar-refractivity contribution in [3.63, 3.8) is 0 Å². The maximum atomic E-state index is 12.1. The molecule has 0 aliphatic carbocycles. The molecule has 2 heterocycles. The number of hydrogen-bond acceptors (Lipinski definition) is 4. The van der Waals surface area contributed by atoms with Crippen molar-refractivity contribution in [3.8, 4) is 0 Å². The van der Waals surface area contributed by atoms with Crippen LogP contribution in [-0.2, 0) is 14.3 Å². The average molecular weight is 270 g/mol. The van der Waals surface area contributed by atoms with Gasteiger partial charge in [0.2, 0.25) is 5.91 Å². The van der Waals surface area contributed by atoms with Gasteiger partial charge in [0.05, 0.1) is 25.9 Å². The van der Waals surface area contributed by atoms with Gasteiger partial charge >= 0.3 is 0 Å². The minimum Gasteiger partial charge on any atom is -0.378 e. The summed E-state index contributed by atoms with van der Waals surface area (Å²) in [5.41, 5.74) is 0. The molecular formula is C14H26N2O3. The zero-order valence-corrected chi connectivity index (χ0v) is 12.0. The van der Waals surface area contributed by atoms with Gasteiger partial charge in [-0.3, -0.25) is 9.69 Å². The second-order valence-electron chi connectivity index (χ2n) is 5.51. The molecule has 0 aromatic carbocycles. The van der Waals surface area contributed by atoms with Gasteiger partial charge in [-0.1, -0.05) is 0 Å². The van der Waals surface area contributed by atoms with Crippen LogP contribution in [0, 0.1) is 0 Å². The zero-order chi connectivity index (χ0) is 13.5. The van der Waals surface area contributed by atoms with Gasteiger partial charge in [-0.25, -0.2) is 0 Å².